The van der Waals surface area contributed by atoms with Crippen LogP contribution in [0.25, 0.3) is 0 Å². The van der Waals surface area contributed by atoms with Gasteiger partial charge in [0.05, 0.1) is 0 Å². The van der Waals surface area contributed by atoms with Crippen molar-refractivity contribution in [2.24, 2.45) is 11.1 Å². The average molecular weight is 267 g/mol. The van der Waals surface area contributed by atoms with Gasteiger partial charge in [0.15, 0.2) is 0 Å². The molecule has 104 valence electrons. The van der Waals surface area contributed by atoms with Crippen molar-refractivity contribution >= 4 is 0 Å². The maximum absolute atomic E-state index is 6.24. The van der Waals surface area contributed by atoms with Crippen LogP contribution in [-0.4, -0.2) is 9.97 Å². The molecule has 20 heavy (non-hydrogen) atoms. The third-order valence-electron chi connectivity index (χ3n) is 3.97. The summed E-state index contributed by atoms with van der Waals surface area (Å²) >= 11 is 0. The van der Waals surface area contributed by atoms with Crippen LogP contribution in [0.2, 0.25) is 0 Å². The standard InChI is InChI=1S/C17H21N3/c1-17(2)9-14(18)13-11-19-16(20-15(13)10-17)8-12-6-4-3-5-7-12/h3-7,11,14H,8-10,18H2,1-2H3. The van der Waals surface area contributed by atoms with Gasteiger partial charge in [0.25, 0.3) is 0 Å². The third-order valence-corrected chi connectivity index (χ3v) is 3.97. The molecule has 0 amide bonds. The first-order chi connectivity index (χ1) is 9.53. The first kappa shape index (κ1) is 13.3. The Morgan fingerprint density at radius 2 is 2.00 bits per heavy atom. The fourth-order valence-electron chi connectivity index (χ4n) is 3.01. The normalized spacial score (nSPS) is 20.4. The molecule has 1 aliphatic rings. The molecule has 0 fully saturated rings. The van der Waals surface area contributed by atoms with Crippen LogP contribution in [0.15, 0.2) is 36.5 Å². The van der Waals surface area contributed by atoms with Crippen LogP contribution in [0.3, 0.4) is 0 Å². The molecule has 1 aliphatic carbocycles. The second kappa shape index (κ2) is 4.98. The third kappa shape index (κ3) is 2.73. The second-order valence-corrected chi connectivity index (χ2v) is 6.50. The van der Waals surface area contributed by atoms with Crippen molar-refractivity contribution in [1.29, 1.82) is 0 Å². The molecule has 3 heteroatoms. The smallest absolute Gasteiger partial charge is 0.132 e. The summed E-state index contributed by atoms with van der Waals surface area (Å²) in [6, 6.07) is 10.4. The van der Waals surface area contributed by atoms with Gasteiger partial charge in [0.1, 0.15) is 5.82 Å². The molecule has 2 aromatic rings. The van der Waals surface area contributed by atoms with E-state index in [1.54, 1.807) is 0 Å². The summed E-state index contributed by atoms with van der Waals surface area (Å²) in [7, 11) is 0. The highest BCUT2D eigenvalue weighted by atomic mass is 14.9. The minimum atomic E-state index is 0.0690. The molecule has 1 aromatic heterocycles. The van der Waals surface area contributed by atoms with Crippen LogP contribution in [0, 0.1) is 5.41 Å². The van der Waals surface area contributed by atoms with Gasteiger partial charge in [-0.15, -0.1) is 0 Å². The van der Waals surface area contributed by atoms with E-state index in [9.17, 15) is 0 Å². The Morgan fingerprint density at radius 1 is 1.25 bits per heavy atom. The second-order valence-electron chi connectivity index (χ2n) is 6.50. The minimum Gasteiger partial charge on any atom is -0.324 e. The van der Waals surface area contributed by atoms with Gasteiger partial charge in [-0.1, -0.05) is 44.2 Å². The Labute approximate surface area is 120 Å². The largest absolute Gasteiger partial charge is 0.324 e. The topological polar surface area (TPSA) is 51.8 Å². The van der Waals surface area contributed by atoms with E-state index >= 15 is 0 Å². The SMILES string of the molecule is CC1(C)Cc2nc(Cc3ccccc3)ncc2C(N)C1. The zero-order valence-electron chi connectivity index (χ0n) is 12.1. The van der Waals surface area contributed by atoms with Crippen molar-refractivity contribution in [2.45, 2.75) is 39.2 Å². The summed E-state index contributed by atoms with van der Waals surface area (Å²) in [5, 5.41) is 0. The summed E-state index contributed by atoms with van der Waals surface area (Å²) < 4.78 is 0. The molecule has 1 heterocycles. The van der Waals surface area contributed by atoms with Gasteiger partial charge >= 0.3 is 0 Å². The van der Waals surface area contributed by atoms with E-state index in [0.717, 1.165) is 36.3 Å². The fourth-order valence-corrected chi connectivity index (χ4v) is 3.01. The molecule has 0 spiro atoms. The molecule has 2 N–H and O–H groups in total. The Kier molecular flexibility index (Phi) is 3.30. The Balaban J connectivity index is 1.89. The van der Waals surface area contributed by atoms with Crippen molar-refractivity contribution in [3.05, 3.63) is 59.2 Å². The molecular formula is C17H21N3. The van der Waals surface area contributed by atoms with E-state index in [0.29, 0.717) is 0 Å². The summed E-state index contributed by atoms with van der Waals surface area (Å²) in [6.07, 6.45) is 4.70. The molecular weight excluding hydrogens is 246 g/mol. The van der Waals surface area contributed by atoms with Crippen molar-refractivity contribution in [2.75, 3.05) is 0 Å². The zero-order chi connectivity index (χ0) is 14.2. The first-order valence-corrected chi connectivity index (χ1v) is 7.18. The number of benzene rings is 1. The van der Waals surface area contributed by atoms with Gasteiger partial charge in [-0.2, -0.15) is 0 Å². The van der Waals surface area contributed by atoms with Gasteiger partial charge in [0, 0.05) is 29.9 Å². The Bertz CT molecular complexity index is 605. The molecule has 1 aromatic carbocycles. The predicted octanol–water partition coefficient (Wildman–Crippen LogP) is 3.04. The Morgan fingerprint density at radius 3 is 2.75 bits per heavy atom. The summed E-state index contributed by atoms with van der Waals surface area (Å²) in [5.41, 5.74) is 9.97. The number of hydrogen-bond acceptors (Lipinski definition) is 3. The molecule has 1 unspecified atom stereocenters. The van der Waals surface area contributed by atoms with Crippen LogP contribution in [0.4, 0.5) is 0 Å². The van der Waals surface area contributed by atoms with E-state index in [4.69, 9.17) is 10.7 Å². The van der Waals surface area contributed by atoms with E-state index in [-0.39, 0.29) is 11.5 Å². The van der Waals surface area contributed by atoms with Gasteiger partial charge in [-0.25, -0.2) is 9.97 Å². The average Bonchev–Trinajstić information content (AvgIpc) is 2.38. The lowest BCUT2D eigenvalue weighted by Crippen LogP contribution is -2.31. The highest BCUT2D eigenvalue weighted by Crippen LogP contribution is 2.38. The van der Waals surface area contributed by atoms with E-state index in [1.165, 1.54) is 5.56 Å². The lowest BCUT2D eigenvalue weighted by molar-refractivity contribution is 0.277. The van der Waals surface area contributed by atoms with Crippen LogP contribution in [-0.2, 0) is 12.8 Å². The number of hydrogen-bond donors (Lipinski definition) is 1. The summed E-state index contributed by atoms with van der Waals surface area (Å²) in [5.74, 6) is 0.889. The lowest BCUT2D eigenvalue weighted by atomic mass is 9.74. The van der Waals surface area contributed by atoms with E-state index in [2.05, 4.69) is 31.0 Å². The van der Waals surface area contributed by atoms with Gasteiger partial charge in [-0.05, 0) is 23.8 Å². The van der Waals surface area contributed by atoms with Crippen LogP contribution in [0.5, 0.6) is 0 Å². The maximum Gasteiger partial charge on any atom is 0.132 e. The van der Waals surface area contributed by atoms with Gasteiger partial charge in [0.2, 0.25) is 0 Å². The van der Waals surface area contributed by atoms with Crippen molar-refractivity contribution in [3.63, 3.8) is 0 Å². The number of nitrogens with zero attached hydrogens (tertiary/aromatic N) is 2. The quantitative estimate of drug-likeness (QED) is 0.910. The first-order valence-electron chi connectivity index (χ1n) is 7.18. The van der Waals surface area contributed by atoms with Crippen molar-refractivity contribution in [1.82, 2.24) is 9.97 Å². The highest BCUT2D eigenvalue weighted by Gasteiger charge is 2.31. The predicted molar refractivity (Wildman–Crippen MR) is 80.3 cm³/mol. The van der Waals surface area contributed by atoms with Crippen molar-refractivity contribution in [3.8, 4) is 0 Å². The monoisotopic (exact) mass is 267 g/mol. The number of nitrogens with two attached hydrogens (primary N) is 1. The number of fused-ring (bicyclic) bond motifs is 1. The van der Waals surface area contributed by atoms with Crippen LogP contribution in [0.1, 0.15) is 49.0 Å². The highest BCUT2D eigenvalue weighted by molar-refractivity contribution is 5.27. The van der Waals surface area contributed by atoms with Gasteiger partial charge < -0.3 is 5.73 Å². The maximum atomic E-state index is 6.24. The molecule has 0 radical (unpaired) electrons. The molecule has 3 rings (SSSR count). The summed E-state index contributed by atoms with van der Waals surface area (Å²) in [4.78, 5) is 9.26. The van der Waals surface area contributed by atoms with Crippen LogP contribution >= 0.6 is 0 Å². The molecule has 0 saturated carbocycles. The Hall–Kier alpha value is -1.74. The van der Waals surface area contributed by atoms with E-state index in [1.807, 2.05) is 24.4 Å². The molecule has 0 saturated heterocycles. The summed E-state index contributed by atoms with van der Waals surface area (Å²) in [6.45, 7) is 4.52. The van der Waals surface area contributed by atoms with Crippen LogP contribution < -0.4 is 5.73 Å². The minimum absolute atomic E-state index is 0.0690. The fraction of sp³-hybridized carbons (Fsp3) is 0.412. The zero-order valence-corrected chi connectivity index (χ0v) is 12.1. The number of rotatable bonds is 2. The lowest BCUT2D eigenvalue weighted by Gasteiger charge is -2.34. The molecule has 1 atom stereocenters. The molecule has 0 aliphatic heterocycles. The number of aromatic nitrogens is 2. The van der Waals surface area contributed by atoms with E-state index < -0.39 is 0 Å². The van der Waals surface area contributed by atoms with Gasteiger partial charge in [-0.3, -0.25) is 0 Å². The molecule has 0 bridgehead atoms. The van der Waals surface area contributed by atoms with Crippen molar-refractivity contribution < 1.29 is 0 Å². The molecule has 3 nitrogen and oxygen atoms in total.